The molecule has 19 heavy (non-hydrogen) atoms. The standard InChI is InChI=1S/C15H22N4/c1-9-5-6-13(7-10(9)2)17-15-14(8-16)11(3)12(4)18-19-15/h9-10,13H,5-7H2,1-4H3,(H,17,19). The molecule has 3 atom stereocenters. The van der Waals surface area contributed by atoms with Gasteiger partial charge in [-0.25, -0.2) is 0 Å². The van der Waals surface area contributed by atoms with Gasteiger partial charge in [0, 0.05) is 6.04 Å². The van der Waals surface area contributed by atoms with Crippen molar-refractivity contribution >= 4 is 5.82 Å². The number of anilines is 1. The molecule has 0 radical (unpaired) electrons. The molecule has 4 nitrogen and oxygen atoms in total. The van der Waals surface area contributed by atoms with Crippen molar-refractivity contribution in [2.45, 2.75) is 53.0 Å². The van der Waals surface area contributed by atoms with Crippen molar-refractivity contribution in [3.63, 3.8) is 0 Å². The average molecular weight is 258 g/mol. The van der Waals surface area contributed by atoms with Crippen molar-refractivity contribution in [1.29, 1.82) is 5.26 Å². The van der Waals surface area contributed by atoms with Crippen LogP contribution in [0.2, 0.25) is 0 Å². The highest BCUT2D eigenvalue weighted by atomic mass is 15.2. The third kappa shape index (κ3) is 2.86. The molecule has 1 aliphatic carbocycles. The van der Waals surface area contributed by atoms with E-state index in [4.69, 9.17) is 0 Å². The van der Waals surface area contributed by atoms with Gasteiger partial charge < -0.3 is 5.32 Å². The summed E-state index contributed by atoms with van der Waals surface area (Å²) < 4.78 is 0. The maximum absolute atomic E-state index is 9.29. The topological polar surface area (TPSA) is 61.6 Å². The number of aromatic nitrogens is 2. The summed E-state index contributed by atoms with van der Waals surface area (Å²) in [5.41, 5.74) is 2.39. The van der Waals surface area contributed by atoms with Crippen LogP contribution in [0.4, 0.5) is 5.82 Å². The summed E-state index contributed by atoms with van der Waals surface area (Å²) in [5.74, 6) is 2.16. The van der Waals surface area contributed by atoms with E-state index in [0.717, 1.165) is 35.9 Å². The molecule has 3 unspecified atom stereocenters. The Labute approximate surface area is 115 Å². The smallest absolute Gasteiger partial charge is 0.167 e. The zero-order valence-corrected chi connectivity index (χ0v) is 12.2. The molecule has 2 rings (SSSR count). The molecule has 1 heterocycles. The number of hydrogen-bond acceptors (Lipinski definition) is 4. The van der Waals surface area contributed by atoms with Crippen LogP contribution in [0.25, 0.3) is 0 Å². The second kappa shape index (κ2) is 5.56. The first-order valence-electron chi connectivity index (χ1n) is 7.03. The summed E-state index contributed by atoms with van der Waals surface area (Å²) >= 11 is 0. The Balaban J connectivity index is 2.16. The van der Waals surface area contributed by atoms with Crippen LogP contribution in [-0.4, -0.2) is 16.2 Å². The van der Waals surface area contributed by atoms with Gasteiger partial charge in [-0.05, 0) is 50.5 Å². The van der Waals surface area contributed by atoms with Crippen LogP contribution in [0.15, 0.2) is 0 Å². The lowest BCUT2D eigenvalue weighted by atomic mass is 9.79. The molecule has 1 N–H and O–H groups in total. The van der Waals surface area contributed by atoms with Crippen LogP contribution in [-0.2, 0) is 0 Å². The van der Waals surface area contributed by atoms with Gasteiger partial charge in [0.2, 0.25) is 0 Å². The molecule has 0 bridgehead atoms. The zero-order chi connectivity index (χ0) is 14.0. The molecule has 1 aromatic heterocycles. The van der Waals surface area contributed by atoms with Crippen LogP contribution in [0.3, 0.4) is 0 Å². The van der Waals surface area contributed by atoms with E-state index in [1.54, 1.807) is 0 Å². The van der Waals surface area contributed by atoms with E-state index < -0.39 is 0 Å². The predicted molar refractivity (Wildman–Crippen MR) is 75.8 cm³/mol. The van der Waals surface area contributed by atoms with Crippen LogP contribution in [0.5, 0.6) is 0 Å². The Bertz CT molecular complexity index is 504. The van der Waals surface area contributed by atoms with Gasteiger partial charge in [0.1, 0.15) is 11.6 Å². The number of nitriles is 1. The molecule has 1 saturated carbocycles. The lowest BCUT2D eigenvalue weighted by Gasteiger charge is -2.32. The highest BCUT2D eigenvalue weighted by Gasteiger charge is 2.25. The van der Waals surface area contributed by atoms with Crippen LogP contribution >= 0.6 is 0 Å². The minimum atomic E-state index is 0.412. The van der Waals surface area contributed by atoms with E-state index in [-0.39, 0.29) is 0 Å². The highest BCUT2D eigenvalue weighted by molar-refractivity contribution is 5.56. The third-order valence-corrected chi connectivity index (χ3v) is 4.51. The Kier molecular flexibility index (Phi) is 4.04. The van der Waals surface area contributed by atoms with Crippen molar-refractivity contribution in [3.8, 4) is 6.07 Å². The summed E-state index contributed by atoms with van der Waals surface area (Å²) in [7, 11) is 0. The van der Waals surface area contributed by atoms with Crippen molar-refractivity contribution in [2.75, 3.05) is 5.32 Å². The first kappa shape index (κ1) is 13.8. The molecule has 1 fully saturated rings. The van der Waals surface area contributed by atoms with Crippen LogP contribution in [0.1, 0.15) is 49.9 Å². The Morgan fingerprint density at radius 2 is 1.89 bits per heavy atom. The molecule has 0 aliphatic heterocycles. The van der Waals surface area contributed by atoms with Crippen molar-refractivity contribution in [3.05, 3.63) is 16.8 Å². The molecular weight excluding hydrogens is 236 g/mol. The summed E-state index contributed by atoms with van der Waals surface area (Å²) in [4.78, 5) is 0. The SMILES string of the molecule is Cc1nnc(NC2CCC(C)C(C)C2)c(C#N)c1C. The first-order chi connectivity index (χ1) is 9.02. The van der Waals surface area contributed by atoms with E-state index >= 15 is 0 Å². The normalized spacial score (nSPS) is 26.8. The summed E-state index contributed by atoms with van der Waals surface area (Å²) in [5, 5.41) is 21.0. The second-order valence-corrected chi connectivity index (χ2v) is 5.85. The number of hydrogen-bond donors (Lipinski definition) is 1. The molecular formula is C15H22N4. The monoisotopic (exact) mass is 258 g/mol. The molecule has 4 heteroatoms. The first-order valence-corrected chi connectivity index (χ1v) is 7.03. The summed E-state index contributed by atoms with van der Waals surface area (Å²) in [6.07, 6.45) is 3.52. The summed E-state index contributed by atoms with van der Waals surface area (Å²) in [6.45, 7) is 8.43. The predicted octanol–water partition coefficient (Wildman–Crippen LogP) is 3.20. The zero-order valence-electron chi connectivity index (χ0n) is 12.2. The van der Waals surface area contributed by atoms with Crippen molar-refractivity contribution in [2.24, 2.45) is 11.8 Å². The van der Waals surface area contributed by atoms with E-state index in [1.807, 2.05) is 13.8 Å². The molecule has 1 aromatic rings. The Morgan fingerprint density at radius 1 is 1.16 bits per heavy atom. The maximum Gasteiger partial charge on any atom is 0.167 e. The van der Waals surface area contributed by atoms with Crippen LogP contribution in [0, 0.1) is 37.0 Å². The van der Waals surface area contributed by atoms with Gasteiger partial charge in [-0.3, -0.25) is 0 Å². The minimum Gasteiger partial charge on any atom is -0.365 e. The van der Waals surface area contributed by atoms with E-state index in [2.05, 4.69) is 35.4 Å². The maximum atomic E-state index is 9.29. The van der Waals surface area contributed by atoms with Gasteiger partial charge in [0.25, 0.3) is 0 Å². The van der Waals surface area contributed by atoms with Gasteiger partial charge in [-0.2, -0.15) is 10.4 Å². The fourth-order valence-corrected chi connectivity index (χ4v) is 2.72. The van der Waals surface area contributed by atoms with Gasteiger partial charge in [0.05, 0.1) is 5.69 Å². The average Bonchev–Trinajstić information content (AvgIpc) is 2.39. The van der Waals surface area contributed by atoms with Crippen LogP contribution < -0.4 is 5.32 Å². The van der Waals surface area contributed by atoms with E-state index in [9.17, 15) is 5.26 Å². The molecule has 1 aliphatic rings. The number of aryl methyl sites for hydroxylation is 1. The highest BCUT2D eigenvalue weighted by Crippen LogP contribution is 2.31. The van der Waals surface area contributed by atoms with Crippen molar-refractivity contribution in [1.82, 2.24) is 10.2 Å². The second-order valence-electron chi connectivity index (χ2n) is 5.85. The fraction of sp³-hybridized carbons (Fsp3) is 0.667. The Hall–Kier alpha value is -1.63. The van der Waals surface area contributed by atoms with E-state index in [1.165, 1.54) is 6.42 Å². The van der Waals surface area contributed by atoms with Gasteiger partial charge in [0.15, 0.2) is 5.82 Å². The lowest BCUT2D eigenvalue weighted by Crippen LogP contribution is -2.31. The van der Waals surface area contributed by atoms with Gasteiger partial charge in [-0.1, -0.05) is 13.8 Å². The largest absolute Gasteiger partial charge is 0.365 e. The molecule has 102 valence electrons. The van der Waals surface area contributed by atoms with E-state index in [0.29, 0.717) is 17.4 Å². The molecule has 0 spiro atoms. The lowest BCUT2D eigenvalue weighted by molar-refractivity contribution is 0.260. The number of rotatable bonds is 2. The Morgan fingerprint density at radius 3 is 2.53 bits per heavy atom. The minimum absolute atomic E-state index is 0.412. The fourth-order valence-electron chi connectivity index (χ4n) is 2.72. The quantitative estimate of drug-likeness (QED) is 0.884. The van der Waals surface area contributed by atoms with Crippen molar-refractivity contribution < 1.29 is 0 Å². The molecule has 0 amide bonds. The molecule has 0 saturated heterocycles. The number of nitrogens with one attached hydrogen (secondary N) is 1. The van der Waals surface area contributed by atoms with Gasteiger partial charge >= 0.3 is 0 Å². The van der Waals surface area contributed by atoms with Gasteiger partial charge in [-0.15, -0.1) is 5.10 Å². The summed E-state index contributed by atoms with van der Waals surface area (Å²) in [6, 6.07) is 2.66. The third-order valence-electron chi connectivity index (χ3n) is 4.51. The number of nitrogens with zero attached hydrogens (tertiary/aromatic N) is 3. The molecule has 0 aromatic carbocycles.